The maximum atomic E-state index is 12.7. The van der Waals surface area contributed by atoms with Crippen molar-refractivity contribution >= 4 is 11.8 Å². The van der Waals surface area contributed by atoms with E-state index in [1.165, 1.54) is 0 Å². The molecule has 0 fully saturated rings. The third-order valence-corrected chi connectivity index (χ3v) is 4.05. The van der Waals surface area contributed by atoms with E-state index in [1.54, 1.807) is 31.2 Å². The van der Waals surface area contributed by atoms with Gasteiger partial charge in [0.25, 0.3) is 11.8 Å². The van der Waals surface area contributed by atoms with Crippen molar-refractivity contribution in [3.8, 4) is 11.8 Å². The fourth-order valence-electron chi connectivity index (χ4n) is 2.38. The SMILES string of the molecule is C=CCOc1cccc2c1C(=O)N(C(C)(C#N)C(C)C)C2=O. The van der Waals surface area contributed by atoms with Crippen LogP contribution in [-0.4, -0.2) is 28.9 Å². The van der Waals surface area contributed by atoms with Crippen molar-refractivity contribution in [2.45, 2.75) is 26.3 Å². The lowest BCUT2D eigenvalue weighted by atomic mass is 9.88. The summed E-state index contributed by atoms with van der Waals surface area (Å²) in [6.07, 6.45) is 1.56. The van der Waals surface area contributed by atoms with E-state index in [0.29, 0.717) is 5.75 Å². The number of imide groups is 1. The number of ether oxygens (including phenoxy) is 1. The van der Waals surface area contributed by atoms with Gasteiger partial charge in [0.1, 0.15) is 17.9 Å². The average molecular weight is 298 g/mol. The molecule has 0 saturated carbocycles. The second kappa shape index (κ2) is 5.64. The fourth-order valence-corrected chi connectivity index (χ4v) is 2.38. The Bertz CT molecular complexity index is 688. The van der Waals surface area contributed by atoms with E-state index in [2.05, 4.69) is 12.6 Å². The summed E-state index contributed by atoms with van der Waals surface area (Å²) < 4.78 is 5.47. The zero-order valence-electron chi connectivity index (χ0n) is 12.9. The topological polar surface area (TPSA) is 70.4 Å². The summed E-state index contributed by atoms with van der Waals surface area (Å²) >= 11 is 0. The number of fused-ring (bicyclic) bond motifs is 1. The van der Waals surface area contributed by atoms with Crippen LogP contribution in [0.5, 0.6) is 5.75 Å². The van der Waals surface area contributed by atoms with Gasteiger partial charge in [-0.25, -0.2) is 0 Å². The first-order chi connectivity index (χ1) is 10.4. The Morgan fingerprint density at radius 2 is 2.09 bits per heavy atom. The highest BCUT2D eigenvalue weighted by molar-refractivity contribution is 6.23. The van der Waals surface area contributed by atoms with Crippen LogP contribution in [0.4, 0.5) is 0 Å². The number of rotatable bonds is 5. The molecule has 1 heterocycles. The van der Waals surface area contributed by atoms with Crippen LogP contribution in [0, 0.1) is 17.2 Å². The summed E-state index contributed by atoms with van der Waals surface area (Å²) in [5.41, 5.74) is -0.715. The lowest BCUT2D eigenvalue weighted by Gasteiger charge is -2.34. The number of hydrogen-bond donors (Lipinski definition) is 0. The van der Waals surface area contributed by atoms with Gasteiger partial charge in [0.15, 0.2) is 0 Å². The Labute approximate surface area is 129 Å². The first-order valence-electron chi connectivity index (χ1n) is 7.05. The normalized spacial score (nSPS) is 16.2. The van der Waals surface area contributed by atoms with E-state index in [-0.39, 0.29) is 23.7 Å². The second-order valence-electron chi connectivity index (χ2n) is 5.64. The van der Waals surface area contributed by atoms with Crippen molar-refractivity contribution in [1.29, 1.82) is 5.26 Å². The third kappa shape index (κ3) is 2.17. The highest BCUT2D eigenvalue weighted by Crippen LogP contribution is 2.37. The van der Waals surface area contributed by atoms with Gasteiger partial charge in [-0.2, -0.15) is 5.26 Å². The van der Waals surface area contributed by atoms with Crippen LogP contribution in [0.25, 0.3) is 0 Å². The molecule has 1 aliphatic rings. The number of hydrogen-bond acceptors (Lipinski definition) is 4. The second-order valence-corrected chi connectivity index (χ2v) is 5.64. The van der Waals surface area contributed by atoms with E-state index in [9.17, 15) is 14.9 Å². The van der Waals surface area contributed by atoms with Gasteiger partial charge in [-0.15, -0.1) is 0 Å². The average Bonchev–Trinajstić information content (AvgIpc) is 2.76. The Hall–Kier alpha value is -2.61. The van der Waals surface area contributed by atoms with Crippen LogP contribution < -0.4 is 4.74 Å². The summed E-state index contributed by atoms with van der Waals surface area (Å²) in [5.74, 6) is -0.807. The molecule has 114 valence electrons. The largest absolute Gasteiger partial charge is 0.489 e. The smallest absolute Gasteiger partial charge is 0.266 e. The predicted molar refractivity (Wildman–Crippen MR) is 81.5 cm³/mol. The Morgan fingerprint density at radius 1 is 1.41 bits per heavy atom. The van der Waals surface area contributed by atoms with E-state index in [4.69, 9.17) is 4.74 Å². The molecular formula is C17H18N2O3. The first-order valence-corrected chi connectivity index (χ1v) is 7.05. The van der Waals surface area contributed by atoms with E-state index in [0.717, 1.165) is 4.90 Å². The third-order valence-electron chi connectivity index (χ3n) is 4.05. The molecule has 0 bridgehead atoms. The number of carbonyl (C=O) groups excluding carboxylic acids is 2. The molecule has 1 aliphatic heterocycles. The van der Waals surface area contributed by atoms with Crippen LogP contribution in [-0.2, 0) is 0 Å². The highest BCUT2D eigenvalue weighted by Gasteiger charge is 2.49. The molecule has 5 heteroatoms. The predicted octanol–water partition coefficient (Wildman–Crippen LogP) is 2.79. The molecule has 2 rings (SSSR count). The van der Waals surface area contributed by atoms with Crippen molar-refractivity contribution < 1.29 is 14.3 Å². The number of nitriles is 1. The van der Waals surface area contributed by atoms with Crippen molar-refractivity contribution in [3.63, 3.8) is 0 Å². The maximum Gasteiger partial charge on any atom is 0.266 e. The number of amides is 2. The minimum absolute atomic E-state index is 0.197. The molecule has 0 radical (unpaired) electrons. The van der Waals surface area contributed by atoms with Crippen molar-refractivity contribution in [1.82, 2.24) is 4.90 Å². The first kappa shape index (κ1) is 15.8. The van der Waals surface area contributed by atoms with Crippen LogP contribution in [0.3, 0.4) is 0 Å². The molecule has 1 unspecified atom stereocenters. The van der Waals surface area contributed by atoms with Gasteiger partial charge in [-0.3, -0.25) is 14.5 Å². The number of benzene rings is 1. The van der Waals surface area contributed by atoms with Crippen molar-refractivity contribution in [3.05, 3.63) is 42.0 Å². The Balaban J connectivity index is 2.55. The van der Waals surface area contributed by atoms with Crippen molar-refractivity contribution in [2.75, 3.05) is 6.61 Å². The molecule has 1 atom stereocenters. The summed E-state index contributed by atoms with van der Waals surface area (Å²) in [6.45, 7) is 9.01. The molecule has 0 N–H and O–H groups in total. The zero-order chi connectivity index (χ0) is 16.5. The molecule has 2 amide bonds. The molecule has 0 aromatic heterocycles. The fraction of sp³-hybridized carbons (Fsp3) is 0.353. The molecule has 22 heavy (non-hydrogen) atoms. The zero-order valence-corrected chi connectivity index (χ0v) is 12.9. The van der Waals surface area contributed by atoms with Gasteiger partial charge in [0.2, 0.25) is 0 Å². The van der Waals surface area contributed by atoms with Crippen LogP contribution in [0.2, 0.25) is 0 Å². The summed E-state index contributed by atoms with van der Waals surface area (Å²) in [7, 11) is 0. The standard InChI is InChI=1S/C17H18N2O3/c1-5-9-22-13-8-6-7-12-14(13)16(21)19(15(12)20)17(4,10-18)11(2)3/h5-8,11H,1,9H2,2-4H3. The minimum Gasteiger partial charge on any atom is -0.489 e. The van der Waals surface area contributed by atoms with Crippen LogP contribution in [0.1, 0.15) is 41.5 Å². The summed E-state index contributed by atoms with van der Waals surface area (Å²) in [4.78, 5) is 26.4. The number of nitrogens with zero attached hydrogens (tertiary/aromatic N) is 2. The van der Waals surface area contributed by atoms with Crippen LogP contribution >= 0.6 is 0 Å². The van der Waals surface area contributed by atoms with E-state index < -0.39 is 17.4 Å². The highest BCUT2D eigenvalue weighted by atomic mass is 16.5. The van der Waals surface area contributed by atoms with Gasteiger partial charge >= 0.3 is 0 Å². The molecule has 0 saturated heterocycles. The quantitative estimate of drug-likeness (QED) is 0.619. The lowest BCUT2D eigenvalue weighted by molar-refractivity contribution is 0.0464. The lowest BCUT2D eigenvalue weighted by Crippen LogP contribution is -2.52. The number of carbonyl (C=O) groups is 2. The van der Waals surface area contributed by atoms with Crippen molar-refractivity contribution in [2.24, 2.45) is 5.92 Å². The summed E-state index contributed by atoms with van der Waals surface area (Å²) in [5, 5.41) is 9.50. The molecule has 0 aliphatic carbocycles. The van der Waals surface area contributed by atoms with E-state index in [1.807, 2.05) is 13.8 Å². The van der Waals surface area contributed by atoms with Gasteiger partial charge < -0.3 is 4.74 Å². The molecule has 0 spiro atoms. The monoisotopic (exact) mass is 298 g/mol. The molecule has 1 aromatic rings. The van der Waals surface area contributed by atoms with E-state index >= 15 is 0 Å². The maximum absolute atomic E-state index is 12.7. The molecule has 5 nitrogen and oxygen atoms in total. The van der Waals surface area contributed by atoms with Gasteiger partial charge in [-0.1, -0.05) is 32.6 Å². The van der Waals surface area contributed by atoms with Gasteiger partial charge in [0, 0.05) is 0 Å². The van der Waals surface area contributed by atoms with Gasteiger partial charge in [0.05, 0.1) is 17.2 Å². The molecule has 1 aromatic carbocycles. The molecular weight excluding hydrogens is 280 g/mol. The Morgan fingerprint density at radius 3 is 2.64 bits per heavy atom. The minimum atomic E-state index is -1.21. The Kier molecular flexibility index (Phi) is 4.05. The van der Waals surface area contributed by atoms with Crippen LogP contribution in [0.15, 0.2) is 30.9 Å². The van der Waals surface area contributed by atoms with Gasteiger partial charge in [-0.05, 0) is 25.0 Å². The summed E-state index contributed by atoms with van der Waals surface area (Å²) in [6, 6.07) is 6.98.